The fourth-order valence-corrected chi connectivity index (χ4v) is 1.86. The maximum Gasteiger partial charge on any atom is 0.227 e. The Hall–Kier alpha value is -1.71. The molecule has 0 saturated carbocycles. The summed E-state index contributed by atoms with van der Waals surface area (Å²) in [5.74, 6) is 1.64. The van der Waals surface area contributed by atoms with Crippen LogP contribution in [0.15, 0.2) is 18.2 Å². The van der Waals surface area contributed by atoms with Crippen LogP contribution in [0.4, 0.5) is 0 Å². The first-order chi connectivity index (χ1) is 8.24. The van der Waals surface area contributed by atoms with E-state index in [2.05, 4.69) is 0 Å². The van der Waals surface area contributed by atoms with E-state index < -0.39 is 0 Å². The van der Waals surface area contributed by atoms with Crippen molar-refractivity contribution in [3.8, 4) is 11.5 Å². The standard InChI is InChI=1S/C13H17NO3/c1-16-11-4-5-12(17-2)10(8-11)9-13(15)14-6-3-7-14/h4-5,8H,3,6-7,9H2,1-2H3. The molecule has 1 aromatic rings. The predicted molar refractivity (Wildman–Crippen MR) is 64.4 cm³/mol. The molecular weight excluding hydrogens is 218 g/mol. The summed E-state index contributed by atoms with van der Waals surface area (Å²) in [5.41, 5.74) is 0.878. The van der Waals surface area contributed by atoms with Crippen LogP contribution in [0.1, 0.15) is 12.0 Å². The van der Waals surface area contributed by atoms with Gasteiger partial charge >= 0.3 is 0 Å². The lowest BCUT2D eigenvalue weighted by Gasteiger charge is -2.31. The summed E-state index contributed by atoms with van der Waals surface area (Å²) >= 11 is 0. The van der Waals surface area contributed by atoms with Crippen LogP contribution in [-0.2, 0) is 11.2 Å². The van der Waals surface area contributed by atoms with Gasteiger partial charge < -0.3 is 14.4 Å². The molecular formula is C13H17NO3. The topological polar surface area (TPSA) is 38.8 Å². The minimum absolute atomic E-state index is 0.155. The first kappa shape index (κ1) is 11.8. The van der Waals surface area contributed by atoms with E-state index in [0.717, 1.165) is 36.6 Å². The fourth-order valence-electron chi connectivity index (χ4n) is 1.86. The maximum absolute atomic E-state index is 11.9. The van der Waals surface area contributed by atoms with E-state index in [0.29, 0.717) is 6.42 Å². The van der Waals surface area contributed by atoms with Gasteiger partial charge in [-0.2, -0.15) is 0 Å². The third-order valence-electron chi connectivity index (χ3n) is 3.04. The summed E-state index contributed by atoms with van der Waals surface area (Å²) in [6.45, 7) is 1.76. The van der Waals surface area contributed by atoms with E-state index in [1.54, 1.807) is 14.2 Å². The molecule has 4 heteroatoms. The average molecular weight is 235 g/mol. The van der Waals surface area contributed by atoms with E-state index in [4.69, 9.17) is 9.47 Å². The molecule has 0 radical (unpaired) electrons. The molecule has 92 valence electrons. The minimum Gasteiger partial charge on any atom is -0.497 e. The highest BCUT2D eigenvalue weighted by Gasteiger charge is 2.21. The van der Waals surface area contributed by atoms with Gasteiger partial charge in [-0.1, -0.05) is 0 Å². The van der Waals surface area contributed by atoms with Crippen LogP contribution in [0.5, 0.6) is 11.5 Å². The Morgan fingerprint density at radius 2 is 2.06 bits per heavy atom. The highest BCUT2D eigenvalue weighted by atomic mass is 16.5. The number of carbonyl (C=O) groups is 1. The van der Waals surface area contributed by atoms with Crippen LogP contribution in [0.2, 0.25) is 0 Å². The zero-order valence-electron chi connectivity index (χ0n) is 10.2. The van der Waals surface area contributed by atoms with Gasteiger partial charge in [0.25, 0.3) is 0 Å². The Kier molecular flexibility index (Phi) is 3.52. The minimum atomic E-state index is 0.155. The molecule has 1 aromatic carbocycles. The molecule has 17 heavy (non-hydrogen) atoms. The van der Waals surface area contributed by atoms with Gasteiger partial charge in [0.2, 0.25) is 5.91 Å². The molecule has 1 saturated heterocycles. The van der Waals surface area contributed by atoms with Crippen LogP contribution >= 0.6 is 0 Å². The first-order valence-electron chi connectivity index (χ1n) is 5.73. The summed E-state index contributed by atoms with van der Waals surface area (Å²) in [4.78, 5) is 13.8. The van der Waals surface area contributed by atoms with Gasteiger partial charge in [0.05, 0.1) is 20.6 Å². The summed E-state index contributed by atoms with van der Waals surface area (Å²) in [6, 6.07) is 5.52. The number of ether oxygens (including phenoxy) is 2. The normalized spacial score (nSPS) is 14.1. The molecule has 0 atom stereocenters. The van der Waals surface area contributed by atoms with Crippen molar-refractivity contribution >= 4 is 5.91 Å². The van der Waals surface area contributed by atoms with Gasteiger partial charge in [0.1, 0.15) is 11.5 Å². The second-order valence-corrected chi connectivity index (χ2v) is 4.09. The summed E-state index contributed by atoms with van der Waals surface area (Å²) < 4.78 is 10.4. The third-order valence-corrected chi connectivity index (χ3v) is 3.04. The van der Waals surface area contributed by atoms with Gasteiger partial charge in [-0.05, 0) is 24.6 Å². The maximum atomic E-state index is 11.9. The van der Waals surface area contributed by atoms with Crippen LogP contribution in [-0.4, -0.2) is 38.1 Å². The monoisotopic (exact) mass is 235 g/mol. The SMILES string of the molecule is COc1ccc(OC)c(CC(=O)N2CCC2)c1. The zero-order valence-corrected chi connectivity index (χ0v) is 10.2. The molecule has 4 nitrogen and oxygen atoms in total. The van der Waals surface area contributed by atoms with Crippen LogP contribution in [0.25, 0.3) is 0 Å². The van der Waals surface area contributed by atoms with Crippen LogP contribution in [0.3, 0.4) is 0 Å². The molecule has 0 aromatic heterocycles. The lowest BCUT2D eigenvalue weighted by atomic mass is 10.1. The number of methoxy groups -OCH3 is 2. The van der Waals surface area contributed by atoms with Gasteiger partial charge in [-0.15, -0.1) is 0 Å². The molecule has 2 rings (SSSR count). The number of benzene rings is 1. The molecule has 0 aliphatic carbocycles. The Balaban J connectivity index is 2.14. The van der Waals surface area contributed by atoms with Crippen molar-refractivity contribution in [3.63, 3.8) is 0 Å². The third kappa shape index (κ3) is 2.52. The van der Waals surface area contributed by atoms with Crippen molar-refractivity contribution in [2.75, 3.05) is 27.3 Å². The second kappa shape index (κ2) is 5.08. The number of amides is 1. The predicted octanol–water partition coefficient (Wildman–Crippen LogP) is 1.48. The van der Waals surface area contributed by atoms with Gasteiger partial charge in [0, 0.05) is 18.7 Å². The van der Waals surface area contributed by atoms with Crippen molar-refractivity contribution in [1.29, 1.82) is 0 Å². The Bertz CT molecular complexity index is 413. The van der Waals surface area contributed by atoms with Crippen molar-refractivity contribution in [2.24, 2.45) is 0 Å². The van der Waals surface area contributed by atoms with Crippen molar-refractivity contribution < 1.29 is 14.3 Å². The Labute approximate surface area is 101 Å². The highest BCUT2D eigenvalue weighted by molar-refractivity contribution is 5.80. The molecule has 1 aliphatic rings. The molecule has 1 amide bonds. The molecule has 0 spiro atoms. The van der Waals surface area contributed by atoms with E-state index in [9.17, 15) is 4.79 Å². The van der Waals surface area contributed by atoms with Gasteiger partial charge in [-0.25, -0.2) is 0 Å². The quantitative estimate of drug-likeness (QED) is 0.793. The van der Waals surface area contributed by atoms with E-state index >= 15 is 0 Å². The lowest BCUT2D eigenvalue weighted by Crippen LogP contribution is -2.42. The summed E-state index contributed by atoms with van der Waals surface area (Å²) in [7, 11) is 3.22. The number of hydrogen-bond donors (Lipinski definition) is 0. The second-order valence-electron chi connectivity index (χ2n) is 4.09. The molecule has 1 heterocycles. The number of rotatable bonds is 4. The average Bonchev–Trinajstić information content (AvgIpc) is 2.26. The Morgan fingerprint density at radius 1 is 1.29 bits per heavy atom. The van der Waals surface area contributed by atoms with Gasteiger partial charge in [0.15, 0.2) is 0 Å². The molecule has 0 N–H and O–H groups in total. The van der Waals surface area contributed by atoms with Crippen molar-refractivity contribution in [3.05, 3.63) is 23.8 Å². The molecule has 1 fully saturated rings. The fraction of sp³-hybridized carbons (Fsp3) is 0.462. The van der Waals surface area contributed by atoms with E-state index in [1.165, 1.54) is 0 Å². The zero-order chi connectivity index (χ0) is 12.3. The van der Waals surface area contributed by atoms with Crippen molar-refractivity contribution in [2.45, 2.75) is 12.8 Å². The number of likely N-dealkylation sites (tertiary alicyclic amines) is 1. The lowest BCUT2D eigenvalue weighted by molar-refractivity contribution is -0.133. The van der Waals surface area contributed by atoms with Crippen LogP contribution < -0.4 is 9.47 Å². The Morgan fingerprint density at radius 3 is 2.59 bits per heavy atom. The van der Waals surface area contributed by atoms with Crippen LogP contribution in [0, 0.1) is 0 Å². The van der Waals surface area contributed by atoms with E-state index in [-0.39, 0.29) is 5.91 Å². The summed E-state index contributed by atoms with van der Waals surface area (Å²) in [6.07, 6.45) is 1.49. The van der Waals surface area contributed by atoms with Crippen molar-refractivity contribution in [1.82, 2.24) is 4.90 Å². The van der Waals surface area contributed by atoms with E-state index in [1.807, 2.05) is 23.1 Å². The largest absolute Gasteiger partial charge is 0.497 e. The summed E-state index contributed by atoms with van der Waals surface area (Å²) in [5, 5.41) is 0. The smallest absolute Gasteiger partial charge is 0.227 e. The number of carbonyl (C=O) groups excluding carboxylic acids is 1. The highest BCUT2D eigenvalue weighted by Crippen LogP contribution is 2.25. The first-order valence-corrected chi connectivity index (χ1v) is 5.73. The molecule has 1 aliphatic heterocycles. The molecule has 0 bridgehead atoms. The van der Waals surface area contributed by atoms with Gasteiger partial charge in [-0.3, -0.25) is 4.79 Å². The number of hydrogen-bond acceptors (Lipinski definition) is 3. The number of nitrogens with zero attached hydrogens (tertiary/aromatic N) is 1. The molecule has 0 unspecified atom stereocenters.